The van der Waals surface area contributed by atoms with Gasteiger partial charge in [-0.3, -0.25) is 0 Å². The molecule has 0 bridgehead atoms. The zero-order valence-corrected chi connectivity index (χ0v) is 12.7. The van der Waals surface area contributed by atoms with E-state index in [0.717, 1.165) is 18.2 Å². The zero-order chi connectivity index (χ0) is 16.3. The average molecular weight is 348 g/mol. The number of hydrogen-bond donors (Lipinski definition) is 2. The van der Waals surface area contributed by atoms with Crippen molar-refractivity contribution in [2.24, 2.45) is 0 Å². The van der Waals surface area contributed by atoms with Crippen LogP contribution in [0, 0.1) is 11.6 Å². The summed E-state index contributed by atoms with van der Waals surface area (Å²) in [5.41, 5.74) is -0.593. The fourth-order valence-electron chi connectivity index (χ4n) is 1.86. The molecule has 2 aromatic carbocycles. The van der Waals surface area contributed by atoms with Gasteiger partial charge in [0.05, 0.1) is 16.7 Å². The molecule has 8 heteroatoms. The Labute approximate surface area is 131 Å². The fraction of sp³-hybridized carbons (Fsp3) is 0.143. The molecule has 0 saturated heterocycles. The smallest absolute Gasteiger partial charge is 0.242 e. The predicted octanol–water partition coefficient (Wildman–Crippen LogP) is 2.63. The molecule has 2 rings (SSSR count). The number of aliphatic hydroxyl groups excluding tert-OH is 1. The molecule has 0 heterocycles. The molecule has 0 saturated carbocycles. The van der Waals surface area contributed by atoms with E-state index in [4.69, 9.17) is 11.6 Å². The number of rotatable bonds is 5. The van der Waals surface area contributed by atoms with Crippen LogP contribution in [0.25, 0.3) is 0 Å². The highest BCUT2D eigenvalue weighted by atomic mass is 35.5. The first-order valence-corrected chi connectivity index (χ1v) is 8.05. The number of aliphatic hydroxyl groups is 1. The lowest BCUT2D eigenvalue weighted by Gasteiger charge is -2.14. The van der Waals surface area contributed by atoms with Crippen LogP contribution < -0.4 is 4.72 Å². The predicted molar refractivity (Wildman–Crippen MR) is 78.0 cm³/mol. The van der Waals surface area contributed by atoms with Gasteiger partial charge < -0.3 is 5.11 Å². The third-order valence-corrected chi connectivity index (χ3v) is 4.85. The van der Waals surface area contributed by atoms with Crippen molar-refractivity contribution in [3.8, 4) is 0 Å². The lowest BCUT2D eigenvalue weighted by atomic mass is 10.1. The van der Waals surface area contributed by atoms with Gasteiger partial charge in [-0.1, -0.05) is 29.8 Å². The first-order valence-electron chi connectivity index (χ1n) is 6.19. The summed E-state index contributed by atoms with van der Waals surface area (Å²) in [7, 11) is -4.01. The molecular weight excluding hydrogens is 336 g/mol. The largest absolute Gasteiger partial charge is 0.387 e. The van der Waals surface area contributed by atoms with E-state index in [1.165, 1.54) is 18.2 Å². The Morgan fingerprint density at radius 1 is 1.09 bits per heavy atom. The second-order valence-electron chi connectivity index (χ2n) is 4.43. The summed E-state index contributed by atoms with van der Waals surface area (Å²) >= 11 is 5.79. The molecule has 0 spiro atoms. The van der Waals surface area contributed by atoms with Crippen molar-refractivity contribution in [2.75, 3.05) is 6.54 Å². The molecule has 1 atom stereocenters. The minimum Gasteiger partial charge on any atom is -0.387 e. The molecule has 0 radical (unpaired) electrons. The van der Waals surface area contributed by atoms with Gasteiger partial charge >= 0.3 is 0 Å². The third kappa shape index (κ3) is 3.61. The number of halogens is 3. The Morgan fingerprint density at radius 3 is 2.27 bits per heavy atom. The third-order valence-electron chi connectivity index (χ3n) is 2.93. The average Bonchev–Trinajstić information content (AvgIpc) is 2.45. The Kier molecular flexibility index (Phi) is 5.12. The monoisotopic (exact) mass is 347 g/mol. The topological polar surface area (TPSA) is 66.4 Å². The minimum absolute atomic E-state index is 0.00145. The summed E-state index contributed by atoms with van der Waals surface area (Å²) in [4.78, 5) is -0.183. The Bertz CT molecular complexity index is 763. The van der Waals surface area contributed by atoms with E-state index in [9.17, 15) is 22.3 Å². The summed E-state index contributed by atoms with van der Waals surface area (Å²) < 4.78 is 53.2. The van der Waals surface area contributed by atoms with Crippen molar-refractivity contribution in [1.82, 2.24) is 4.72 Å². The lowest BCUT2D eigenvalue weighted by molar-refractivity contribution is 0.172. The van der Waals surface area contributed by atoms with Gasteiger partial charge in [0, 0.05) is 6.54 Å². The number of sulfonamides is 1. The van der Waals surface area contributed by atoms with Crippen molar-refractivity contribution in [3.63, 3.8) is 0 Å². The maximum absolute atomic E-state index is 13.5. The van der Waals surface area contributed by atoms with Crippen LogP contribution in [0.5, 0.6) is 0 Å². The Hall–Kier alpha value is -1.54. The van der Waals surface area contributed by atoms with E-state index < -0.39 is 39.9 Å². The molecule has 2 N–H and O–H groups in total. The molecule has 0 aliphatic carbocycles. The van der Waals surface area contributed by atoms with E-state index in [2.05, 4.69) is 4.72 Å². The first kappa shape index (κ1) is 16.8. The highest BCUT2D eigenvalue weighted by Crippen LogP contribution is 2.23. The number of nitrogens with one attached hydrogen (secondary N) is 1. The Balaban J connectivity index is 2.18. The summed E-state index contributed by atoms with van der Waals surface area (Å²) in [5.74, 6) is -1.91. The van der Waals surface area contributed by atoms with E-state index >= 15 is 0 Å². The normalized spacial score (nSPS) is 13.1. The summed E-state index contributed by atoms with van der Waals surface area (Å²) in [5, 5.41) is 9.82. The number of benzene rings is 2. The van der Waals surface area contributed by atoms with Crippen molar-refractivity contribution < 1.29 is 22.3 Å². The molecular formula is C14H12ClF2NO3S. The second kappa shape index (κ2) is 6.70. The SMILES string of the molecule is O=S(=O)(NC[C@@H](O)c1c(F)cccc1F)c1ccccc1Cl. The highest BCUT2D eigenvalue weighted by Gasteiger charge is 2.22. The molecule has 0 fully saturated rings. The van der Waals surface area contributed by atoms with Crippen LogP contribution in [-0.4, -0.2) is 20.1 Å². The lowest BCUT2D eigenvalue weighted by Crippen LogP contribution is -2.29. The molecule has 0 unspecified atom stereocenters. The van der Waals surface area contributed by atoms with Gasteiger partial charge in [-0.2, -0.15) is 0 Å². The van der Waals surface area contributed by atoms with E-state index in [1.807, 2.05) is 0 Å². The van der Waals surface area contributed by atoms with Crippen LogP contribution in [0.3, 0.4) is 0 Å². The number of hydrogen-bond acceptors (Lipinski definition) is 3. The van der Waals surface area contributed by atoms with Crippen LogP contribution in [-0.2, 0) is 10.0 Å². The molecule has 4 nitrogen and oxygen atoms in total. The molecule has 0 aliphatic heterocycles. The van der Waals surface area contributed by atoms with Gasteiger partial charge in [0.2, 0.25) is 10.0 Å². The molecule has 22 heavy (non-hydrogen) atoms. The summed E-state index contributed by atoms with van der Waals surface area (Å²) in [6.07, 6.45) is -1.67. The van der Waals surface area contributed by atoms with Gasteiger partial charge in [0.15, 0.2) is 0 Å². The van der Waals surface area contributed by atoms with Crippen LogP contribution in [0.4, 0.5) is 8.78 Å². The van der Waals surface area contributed by atoms with E-state index in [1.54, 1.807) is 6.07 Å². The molecule has 2 aromatic rings. The van der Waals surface area contributed by atoms with Gasteiger partial charge in [-0.25, -0.2) is 21.9 Å². The molecule has 0 aromatic heterocycles. The maximum atomic E-state index is 13.5. The van der Waals surface area contributed by atoms with Crippen LogP contribution in [0.15, 0.2) is 47.4 Å². The quantitative estimate of drug-likeness (QED) is 0.873. The fourth-order valence-corrected chi connectivity index (χ4v) is 3.42. The molecule has 118 valence electrons. The van der Waals surface area contributed by atoms with E-state index in [-0.39, 0.29) is 9.92 Å². The summed E-state index contributed by atoms with van der Waals surface area (Å²) in [6, 6.07) is 8.81. The van der Waals surface area contributed by atoms with Gasteiger partial charge in [0.25, 0.3) is 0 Å². The van der Waals surface area contributed by atoms with Crippen LogP contribution >= 0.6 is 11.6 Å². The van der Waals surface area contributed by atoms with Gasteiger partial charge in [-0.05, 0) is 24.3 Å². The zero-order valence-electron chi connectivity index (χ0n) is 11.1. The highest BCUT2D eigenvalue weighted by molar-refractivity contribution is 7.89. The van der Waals surface area contributed by atoms with Gasteiger partial charge in [-0.15, -0.1) is 0 Å². The van der Waals surface area contributed by atoms with Crippen molar-refractivity contribution >= 4 is 21.6 Å². The van der Waals surface area contributed by atoms with Crippen molar-refractivity contribution in [1.29, 1.82) is 0 Å². The molecule has 0 aliphatic rings. The standard InChI is InChI=1S/C14H12ClF2NO3S/c15-9-4-1-2-7-13(9)22(20,21)18-8-12(19)14-10(16)5-3-6-11(14)17/h1-7,12,18-19H,8H2/t12-/m1/s1. The summed E-state index contributed by atoms with van der Waals surface area (Å²) in [6.45, 7) is -0.592. The van der Waals surface area contributed by atoms with Crippen LogP contribution in [0.1, 0.15) is 11.7 Å². The van der Waals surface area contributed by atoms with Crippen molar-refractivity contribution in [2.45, 2.75) is 11.0 Å². The molecule has 0 amide bonds. The Morgan fingerprint density at radius 2 is 1.68 bits per heavy atom. The maximum Gasteiger partial charge on any atom is 0.242 e. The van der Waals surface area contributed by atoms with Crippen LogP contribution in [0.2, 0.25) is 5.02 Å². The minimum atomic E-state index is -4.01. The van der Waals surface area contributed by atoms with Crippen molar-refractivity contribution in [3.05, 3.63) is 64.7 Å². The van der Waals surface area contributed by atoms with Gasteiger partial charge in [0.1, 0.15) is 16.5 Å². The van der Waals surface area contributed by atoms with E-state index in [0.29, 0.717) is 0 Å². The second-order valence-corrected chi connectivity index (χ2v) is 6.58. The first-order chi connectivity index (χ1) is 10.3.